The predicted molar refractivity (Wildman–Crippen MR) is 70.9 cm³/mol. The van der Waals surface area contributed by atoms with Crippen molar-refractivity contribution in [1.82, 2.24) is 15.1 Å². The summed E-state index contributed by atoms with van der Waals surface area (Å²) in [7, 11) is 1.74. The molecule has 0 radical (unpaired) electrons. The zero-order valence-electron chi connectivity index (χ0n) is 11.8. The third-order valence-corrected chi connectivity index (χ3v) is 2.87. The molecular weight excluding hydrogens is 246 g/mol. The highest BCUT2D eigenvalue weighted by Gasteiger charge is 2.21. The van der Waals surface area contributed by atoms with E-state index >= 15 is 0 Å². The van der Waals surface area contributed by atoms with Gasteiger partial charge in [0.25, 0.3) is 5.91 Å². The minimum absolute atomic E-state index is 0.140. The van der Waals surface area contributed by atoms with Crippen LogP contribution in [0.3, 0.4) is 0 Å². The van der Waals surface area contributed by atoms with E-state index < -0.39 is 11.9 Å². The fourth-order valence-electron chi connectivity index (χ4n) is 1.97. The van der Waals surface area contributed by atoms with E-state index in [1.807, 2.05) is 13.8 Å². The maximum atomic E-state index is 11.9. The number of aryl methyl sites for hydroxylation is 2. The van der Waals surface area contributed by atoms with Crippen LogP contribution < -0.4 is 5.32 Å². The van der Waals surface area contributed by atoms with Crippen LogP contribution in [0.1, 0.15) is 36.3 Å². The summed E-state index contributed by atoms with van der Waals surface area (Å²) in [5.41, 5.74) is 1.12. The number of nitrogens with one attached hydrogen (secondary N) is 1. The van der Waals surface area contributed by atoms with Crippen LogP contribution in [0.15, 0.2) is 6.20 Å². The van der Waals surface area contributed by atoms with Crippen LogP contribution in [0.4, 0.5) is 0 Å². The van der Waals surface area contributed by atoms with Gasteiger partial charge in [-0.15, -0.1) is 0 Å². The molecule has 0 aromatic carbocycles. The molecule has 1 heterocycles. The van der Waals surface area contributed by atoms with Crippen molar-refractivity contribution in [2.24, 2.45) is 18.9 Å². The summed E-state index contributed by atoms with van der Waals surface area (Å²) in [5.74, 6) is -1.43. The molecule has 1 rings (SSSR count). The topological polar surface area (TPSA) is 84.2 Å². The molecule has 106 valence electrons. The first kappa shape index (κ1) is 15.2. The molecule has 0 saturated carbocycles. The average molecular weight is 267 g/mol. The predicted octanol–water partition coefficient (Wildman–Crippen LogP) is 1.21. The fourth-order valence-corrected chi connectivity index (χ4v) is 1.97. The zero-order valence-corrected chi connectivity index (χ0v) is 11.8. The summed E-state index contributed by atoms with van der Waals surface area (Å²) in [4.78, 5) is 23.0. The van der Waals surface area contributed by atoms with Crippen LogP contribution in [-0.2, 0) is 11.8 Å². The summed E-state index contributed by atoms with van der Waals surface area (Å²) in [6.45, 7) is 5.81. The van der Waals surface area contributed by atoms with Crippen LogP contribution in [0.2, 0.25) is 0 Å². The molecule has 6 heteroatoms. The first-order chi connectivity index (χ1) is 8.81. The molecule has 0 fully saturated rings. The zero-order chi connectivity index (χ0) is 14.6. The van der Waals surface area contributed by atoms with E-state index in [-0.39, 0.29) is 18.4 Å². The number of hydrogen-bond acceptors (Lipinski definition) is 3. The number of aromatic nitrogens is 2. The molecule has 1 unspecified atom stereocenters. The van der Waals surface area contributed by atoms with E-state index in [2.05, 4.69) is 10.4 Å². The van der Waals surface area contributed by atoms with Gasteiger partial charge >= 0.3 is 5.97 Å². The van der Waals surface area contributed by atoms with Gasteiger partial charge in [0.1, 0.15) is 0 Å². The van der Waals surface area contributed by atoms with E-state index in [1.165, 1.54) is 0 Å². The Morgan fingerprint density at radius 2 is 2.11 bits per heavy atom. The van der Waals surface area contributed by atoms with Gasteiger partial charge in [0.15, 0.2) is 0 Å². The van der Waals surface area contributed by atoms with Gasteiger partial charge in [0.05, 0.1) is 17.2 Å². The number of rotatable bonds is 6. The summed E-state index contributed by atoms with van der Waals surface area (Å²) in [6.07, 6.45) is 2.17. The lowest BCUT2D eigenvalue weighted by molar-refractivity contribution is -0.142. The van der Waals surface area contributed by atoms with E-state index in [0.717, 1.165) is 0 Å². The number of amides is 1. The maximum absolute atomic E-state index is 11.9. The van der Waals surface area contributed by atoms with Gasteiger partial charge in [-0.05, 0) is 19.3 Å². The lowest BCUT2D eigenvalue weighted by Gasteiger charge is -2.15. The highest BCUT2D eigenvalue weighted by Crippen LogP contribution is 2.12. The Balaban J connectivity index is 2.62. The third kappa shape index (κ3) is 4.39. The number of carbonyl (C=O) groups is 2. The molecule has 1 amide bonds. The highest BCUT2D eigenvalue weighted by molar-refractivity contribution is 5.95. The lowest BCUT2D eigenvalue weighted by Crippen LogP contribution is -2.33. The molecule has 0 aliphatic rings. The number of aliphatic carboxylic acids is 1. The second-order valence-electron chi connectivity index (χ2n) is 5.18. The summed E-state index contributed by atoms with van der Waals surface area (Å²) >= 11 is 0. The van der Waals surface area contributed by atoms with Gasteiger partial charge in [-0.25, -0.2) is 0 Å². The van der Waals surface area contributed by atoms with Crippen molar-refractivity contribution in [2.75, 3.05) is 6.54 Å². The maximum Gasteiger partial charge on any atom is 0.308 e. The highest BCUT2D eigenvalue weighted by atomic mass is 16.4. The van der Waals surface area contributed by atoms with Crippen LogP contribution in [0.25, 0.3) is 0 Å². The molecule has 0 bridgehead atoms. The summed E-state index contributed by atoms with van der Waals surface area (Å²) in [5, 5.41) is 15.8. The van der Waals surface area contributed by atoms with Gasteiger partial charge in [-0.3, -0.25) is 14.3 Å². The quantitative estimate of drug-likeness (QED) is 0.811. The first-order valence-electron chi connectivity index (χ1n) is 6.32. The minimum Gasteiger partial charge on any atom is -0.481 e. The Morgan fingerprint density at radius 1 is 1.47 bits per heavy atom. The molecule has 6 nitrogen and oxygen atoms in total. The van der Waals surface area contributed by atoms with Crippen molar-refractivity contribution in [1.29, 1.82) is 0 Å². The third-order valence-electron chi connectivity index (χ3n) is 2.87. The van der Waals surface area contributed by atoms with E-state index in [9.17, 15) is 9.59 Å². The van der Waals surface area contributed by atoms with Gasteiger partial charge in [-0.2, -0.15) is 5.10 Å². The van der Waals surface area contributed by atoms with Gasteiger partial charge in [0, 0.05) is 19.8 Å². The van der Waals surface area contributed by atoms with Crippen LogP contribution >= 0.6 is 0 Å². The van der Waals surface area contributed by atoms with E-state index in [4.69, 9.17) is 5.11 Å². The standard InChI is InChI=1S/C13H21N3O3/c1-8(2)5-10(13(18)19)6-14-12(17)11-7-16(4)15-9(11)3/h7-8,10H,5-6H2,1-4H3,(H,14,17)(H,18,19). The number of hydrogen-bond donors (Lipinski definition) is 2. The van der Waals surface area contributed by atoms with Gasteiger partial charge in [-0.1, -0.05) is 13.8 Å². The molecular formula is C13H21N3O3. The molecule has 1 aromatic rings. The first-order valence-corrected chi connectivity index (χ1v) is 6.32. The lowest BCUT2D eigenvalue weighted by atomic mass is 9.97. The Kier molecular flexibility index (Phi) is 5.09. The largest absolute Gasteiger partial charge is 0.481 e. The molecule has 2 N–H and O–H groups in total. The molecule has 0 saturated heterocycles. The molecule has 1 aromatic heterocycles. The molecule has 1 atom stereocenters. The average Bonchev–Trinajstić information content (AvgIpc) is 2.62. The Labute approximate surface area is 112 Å². The van der Waals surface area contributed by atoms with Gasteiger partial charge < -0.3 is 10.4 Å². The second-order valence-corrected chi connectivity index (χ2v) is 5.18. The number of carboxylic acid groups (broad SMARTS) is 1. The monoisotopic (exact) mass is 267 g/mol. The van der Waals surface area contributed by atoms with Crippen molar-refractivity contribution in [3.63, 3.8) is 0 Å². The van der Waals surface area contributed by atoms with Crippen molar-refractivity contribution < 1.29 is 14.7 Å². The van der Waals surface area contributed by atoms with Crippen molar-refractivity contribution in [3.05, 3.63) is 17.5 Å². The SMILES string of the molecule is Cc1nn(C)cc1C(=O)NCC(CC(C)C)C(=O)O. The van der Waals surface area contributed by atoms with Crippen LogP contribution in [0.5, 0.6) is 0 Å². The molecule has 0 aliphatic heterocycles. The van der Waals surface area contributed by atoms with Gasteiger partial charge in [0.2, 0.25) is 0 Å². The number of nitrogens with zero attached hydrogens (tertiary/aromatic N) is 2. The Morgan fingerprint density at radius 3 is 2.53 bits per heavy atom. The summed E-state index contributed by atoms with van der Waals surface area (Å²) in [6, 6.07) is 0. The molecule has 19 heavy (non-hydrogen) atoms. The van der Waals surface area contributed by atoms with Crippen LogP contribution in [0, 0.1) is 18.8 Å². The Hall–Kier alpha value is -1.85. The fraction of sp³-hybridized carbons (Fsp3) is 0.615. The second kappa shape index (κ2) is 6.36. The van der Waals surface area contributed by atoms with E-state index in [1.54, 1.807) is 24.9 Å². The minimum atomic E-state index is -0.878. The normalized spacial score (nSPS) is 12.5. The number of carboxylic acids is 1. The summed E-state index contributed by atoms with van der Waals surface area (Å²) < 4.78 is 1.56. The van der Waals surface area contributed by atoms with Crippen molar-refractivity contribution in [3.8, 4) is 0 Å². The molecule has 0 spiro atoms. The molecule has 0 aliphatic carbocycles. The number of carbonyl (C=O) groups excluding carboxylic acids is 1. The van der Waals surface area contributed by atoms with Crippen molar-refractivity contribution in [2.45, 2.75) is 27.2 Å². The smallest absolute Gasteiger partial charge is 0.308 e. The van der Waals surface area contributed by atoms with Crippen LogP contribution in [-0.4, -0.2) is 33.3 Å². The van der Waals surface area contributed by atoms with E-state index in [0.29, 0.717) is 17.7 Å². The van der Waals surface area contributed by atoms with Crippen molar-refractivity contribution >= 4 is 11.9 Å². The Bertz CT molecular complexity index is 466.